The fourth-order valence-electron chi connectivity index (χ4n) is 3.33. The van der Waals surface area contributed by atoms with Gasteiger partial charge in [0.05, 0.1) is 0 Å². The summed E-state index contributed by atoms with van der Waals surface area (Å²) in [6.45, 7) is 5.22. The second kappa shape index (κ2) is 4.96. The summed E-state index contributed by atoms with van der Waals surface area (Å²) >= 11 is 0. The van der Waals surface area contributed by atoms with Gasteiger partial charge in [0.2, 0.25) is 11.8 Å². The van der Waals surface area contributed by atoms with E-state index in [9.17, 15) is 9.59 Å². The van der Waals surface area contributed by atoms with Crippen LogP contribution in [0.1, 0.15) is 39.0 Å². The van der Waals surface area contributed by atoms with E-state index < -0.39 is 6.10 Å². The highest BCUT2D eigenvalue weighted by molar-refractivity contribution is 5.87. The van der Waals surface area contributed by atoms with E-state index in [0.717, 1.165) is 32.1 Å². The standard InChI is InChI=1S/C14H22N2O3/c1-4-11(17)15-13-5-7-14(9-13,8-6-13)16-12(18)10(2)19-3/h4,10H,1,5-9H2,2-3H3,(H,15,17)(H,16,18)/t10-,13?,14?/m0/s1. The smallest absolute Gasteiger partial charge is 0.249 e. The highest BCUT2D eigenvalue weighted by Crippen LogP contribution is 2.50. The third-order valence-corrected chi connectivity index (χ3v) is 4.53. The van der Waals surface area contributed by atoms with Gasteiger partial charge in [-0.3, -0.25) is 9.59 Å². The number of nitrogens with one attached hydrogen (secondary N) is 2. The van der Waals surface area contributed by atoms with Gasteiger partial charge in [-0.1, -0.05) is 6.58 Å². The van der Waals surface area contributed by atoms with E-state index in [1.807, 2.05) is 0 Å². The highest BCUT2D eigenvalue weighted by atomic mass is 16.5. The molecule has 2 rings (SSSR count). The van der Waals surface area contributed by atoms with E-state index in [0.29, 0.717) is 0 Å². The van der Waals surface area contributed by atoms with Gasteiger partial charge in [0.1, 0.15) is 6.10 Å². The van der Waals surface area contributed by atoms with Crippen LogP contribution in [-0.4, -0.2) is 36.1 Å². The van der Waals surface area contributed by atoms with Crippen molar-refractivity contribution in [2.24, 2.45) is 0 Å². The molecule has 0 radical (unpaired) electrons. The number of ether oxygens (including phenoxy) is 1. The van der Waals surface area contributed by atoms with E-state index >= 15 is 0 Å². The zero-order chi connectivity index (χ0) is 14.1. The maximum absolute atomic E-state index is 12.0. The van der Waals surface area contributed by atoms with Crippen LogP contribution in [0.25, 0.3) is 0 Å². The van der Waals surface area contributed by atoms with Crippen molar-refractivity contribution >= 4 is 11.8 Å². The third-order valence-electron chi connectivity index (χ3n) is 4.53. The lowest BCUT2D eigenvalue weighted by atomic mass is 9.91. The van der Waals surface area contributed by atoms with Crippen LogP contribution in [0.4, 0.5) is 0 Å². The van der Waals surface area contributed by atoms with E-state index in [-0.39, 0.29) is 22.9 Å². The Bertz CT molecular complexity index is 397. The number of rotatable bonds is 5. The SMILES string of the molecule is C=CC(=O)NC12CCC(NC(=O)[C@H](C)OC)(CC1)C2. The summed E-state index contributed by atoms with van der Waals surface area (Å²) in [6, 6.07) is 0. The molecule has 0 aromatic heterocycles. The van der Waals surface area contributed by atoms with Crippen molar-refractivity contribution in [3.8, 4) is 0 Å². The van der Waals surface area contributed by atoms with Crippen molar-refractivity contribution < 1.29 is 14.3 Å². The summed E-state index contributed by atoms with van der Waals surface area (Å²) in [4.78, 5) is 23.5. The summed E-state index contributed by atoms with van der Waals surface area (Å²) < 4.78 is 5.04. The van der Waals surface area contributed by atoms with Crippen LogP contribution in [0.5, 0.6) is 0 Å². The first-order chi connectivity index (χ1) is 8.94. The molecule has 2 aliphatic carbocycles. The molecule has 19 heavy (non-hydrogen) atoms. The second-order valence-corrected chi connectivity index (χ2v) is 5.80. The molecule has 0 heterocycles. The van der Waals surface area contributed by atoms with Crippen molar-refractivity contribution in [3.63, 3.8) is 0 Å². The summed E-state index contributed by atoms with van der Waals surface area (Å²) in [7, 11) is 1.53. The van der Waals surface area contributed by atoms with E-state index in [2.05, 4.69) is 17.2 Å². The zero-order valence-corrected chi connectivity index (χ0v) is 11.6. The lowest BCUT2D eigenvalue weighted by Gasteiger charge is -2.29. The first-order valence-corrected chi connectivity index (χ1v) is 6.74. The van der Waals surface area contributed by atoms with Crippen molar-refractivity contribution in [2.75, 3.05) is 7.11 Å². The van der Waals surface area contributed by atoms with E-state index in [1.165, 1.54) is 13.2 Å². The quantitative estimate of drug-likeness (QED) is 0.726. The number of carbonyl (C=O) groups is 2. The van der Waals surface area contributed by atoms with Crippen molar-refractivity contribution in [2.45, 2.75) is 56.2 Å². The van der Waals surface area contributed by atoms with Gasteiger partial charge >= 0.3 is 0 Å². The number of fused-ring (bicyclic) bond motifs is 2. The molecule has 0 aromatic rings. The van der Waals surface area contributed by atoms with Gasteiger partial charge in [-0.15, -0.1) is 0 Å². The maximum Gasteiger partial charge on any atom is 0.249 e. The largest absolute Gasteiger partial charge is 0.372 e. The summed E-state index contributed by atoms with van der Waals surface area (Å²) in [6.07, 6.45) is 5.31. The van der Waals surface area contributed by atoms with Crippen LogP contribution < -0.4 is 10.6 Å². The Morgan fingerprint density at radius 2 is 1.74 bits per heavy atom. The molecule has 106 valence electrons. The molecule has 2 amide bonds. The fraction of sp³-hybridized carbons (Fsp3) is 0.714. The molecule has 5 heteroatoms. The minimum atomic E-state index is -0.437. The average molecular weight is 266 g/mol. The number of hydrogen-bond acceptors (Lipinski definition) is 3. The van der Waals surface area contributed by atoms with E-state index in [4.69, 9.17) is 4.74 Å². The van der Waals surface area contributed by atoms with Gasteiger partial charge in [0.25, 0.3) is 0 Å². The molecule has 2 fully saturated rings. The normalized spacial score (nSPS) is 33.8. The molecule has 2 saturated carbocycles. The van der Waals surface area contributed by atoms with Crippen molar-refractivity contribution in [1.29, 1.82) is 0 Å². The topological polar surface area (TPSA) is 67.4 Å². The minimum Gasteiger partial charge on any atom is -0.372 e. The molecule has 0 aliphatic heterocycles. The molecule has 5 nitrogen and oxygen atoms in total. The molecular weight excluding hydrogens is 244 g/mol. The van der Waals surface area contributed by atoms with Crippen LogP contribution >= 0.6 is 0 Å². The van der Waals surface area contributed by atoms with Crippen LogP contribution in [0.2, 0.25) is 0 Å². The molecule has 2 aliphatic rings. The Labute approximate surface area is 113 Å². The first-order valence-electron chi connectivity index (χ1n) is 6.74. The fourth-order valence-corrected chi connectivity index (χ4v) is 3.33. The van der Waals surface area contributed by atoms with Gasteiger partial charge in [-0.2, -0.15) is 0 Å². The monoisotopic (exact) mass is 266 g/mol. The molecule has 0 spiro atoms. The molecule has 0 saturated heterocycles. The Morgan fingerprint density at radius 1 is 1.21 bits per heavy atom. The molecule has 0 aromatic carbocycles. The average Bonchev–Trinajstić information content (AvgIpc) is 2.92. The molecule has 1 atom stereocenters. The first kappa shape index (κ1) is 14.1. The van der Waals surface area contributed by atoms with Crippen LogP contribution in [0.15, 0.2) is 12.7 Å². The molecule has 2 N–H and O–H groups in total. The van der Waals surface area contributed by atoms with Crippen molar-refractivity contribution in [1.82, 2.24) is 10.6 Å². The number of carbonyl (C=O) groups excluding carboxylic acids is 2. The summed E-state index contributed by atoms with van der Waals surface area (Å²) in [5.74, 6) is -0.204. The second-order valence-electron chi connectivity index (χ2n) is 5.80. The van der Waals surface area contributed by atoms with Crippen LogP contribution in [0.3, 0.4) is 0 Å². The Kier molecular flexibility index (Phi) is 3.67. The predicted octanol–water partition coefficient (Wildman–Crippen LogP) is 0.895. The predicted molar refractivity (Wildman–Crippen MR) is 71.5 cm³/mol. The lowest BCUT2D eigenvalue weighted by molar-refractivity contribution is -0.132. The van der Waals surface area contributed by atoms with Gasteiger partial charge in [-0.05, 0) is 45.1 Å². The van der Waals surface area contributed by atoms with Crippen molar-refractivity contribution in [3.05, 3.63) is 12.7 Å². The Hall–Kier alpha value is -1.36. The highest BCUT2D eigenvalue weighted by Gasteiger charge is 2.55. The number of amides is 2. The van der Waals surface area contributed by atoms with Gasteiger partial charge in [-0.25, -0.2) is 0 Å². The molecule has 0 unspecified atom stereocenters. The third kappa shape index (κ3) is 2.66. The maximum atomic E-state index is 12.0. The number of methoxy groups -OCH3 is 1. The zero-order valence-electron chi connectivity index (χ0n) is 11.6. The van der Waals surface area contributed by atoms with Gasteiger partial charge in [0.15, 0.2) is 0 Å². The van der Waals surface area contributed by atoms with Gasteiger partial charge in [0, 0.05) is 18.2 Å². The number of hydrogen-bond donors (Lipinski definition) is 2. The molecular formula is C14H22N2O3. The lowest BCUT2D eigenvalue weighted by Crippen LogP contribution is -2.49. The van der Waals surface area contributed by atoms with Crippen LogP contribution in [-0.2, 0) is 14.3 Å². The Balaban J connectivity index is 2.00. The Morgan fingerprint density at radius 3 is 2.21 bits per heavy atom. The molecule has 2 bridgehead atoms. The summed E-state index contributed by atoms with van der Waals surface area (Å²) in [5.41, 5.74) is -0.326. The van der Waals surface area contributed by atoms with Gasteiger partial charge < -0.3 is 15.4 Å². The summed E-state index contributed by atoms with van der Waals surface area (Å²) in [5, 5.41) is 6.14. The minimum absolute atomic E-state index is 0.0738. The van der Waals surface area contributed by atoms with Crippen LogP contribution in [0, 0.1) is 0 Å². The van der Waals surface area contributed by atoms with E-state index in [1.54, 1.807) is 6.92 Å².